The first kappa shape index (κ1) is 14.3. The number of amides is 1. The van der Waals surface area contributed by atoms with E-state index >= 15 is 0 Å². The number of carbonyl (C=O) groups excluding carboxylic acids is 1. The van der Waals surface area contributed by atoms with Crippen LogP contribution in [0.5, 0.6) is 0 Å². The standard InChI is InChI=1S/C8H7ClN4O3S3/c1-3-5(18-13-12-3)6(14)11-8-10-4(2)7(17-8)19(9,15)16/h1-2H3,(H,10,11,14). The topological polar surface area (TPSA) is 102 Å². The van der Waals surface area contributed by atoms with Crippen molar-refractivity contribution in [3.63, 3.8) is 0 Å². The highest BCUT2D eigenvalue weighted by Crippen LogP contribution is 2.30. The Morgan fingerprint density at radius 3 is 2.47 bits per heavy atom. The summed E-state index contributed by atoms with van der Waals surface area (Å²) < 4.78 is 26.0. The Morgan fingerprint density at radius 2 is 2.00 bits per heavy atom. The molecule has 2 aromatic heterocycles. The largest absolute Gasteiger partial charge is 0.297 e. The van der Waals surface area contributed by atoms with Crippen molar-refractivity contribution in [3.05, 3.63) is 16.3 Å². The molecule has 0 aliphatic rings. The smallest absolute Gasteiger partial charge is 0.272 e. The number of rotatable bonds is 3. The fourth-order valence-electron chi connectivity index (χ4n) is 1.26. The van der Waals surface area contributed by atoms with Crippen LogP contribution in [-0.4, -0.2) is 28.9 Å². The van der Waals surface area contributed by atoms with Crippen LogP contribution in [0.4, 0.5) is 5.13 Å². The van der Waals surface area contributed by atoms with E-state index in [9.17, 15) is 13.2 Å². The van der Waals surface area contributed by atoms with Gasteiger partial charge in [-0.3, -0.25) is 10.1 Å². The average molecular weight is 339 g/mol. The summed E-state index contributed by atoms with van der Waals surface area (Å²) in [6.45, 7) is 3.15. The third-order valence-electron chi connectivity index (χ3n) is 2.05. The maximum Gasteiger partial charge on any atom is 0.272 e. The van der Waals surface area contributed by atoms with Gasteiger partial charge in [0.15, 0.2) is 9.34 Å². The van der Waals surface area contributed by atoms with Crippen LogP contribution in [0.2, 0.25) is 0 Å². The van der Waals surface area contributed by atoms with Gasteiger partial charge in [-0.2, -0.15) is 0 Å². The van der Waals surface area contributed by atoms with Crippen molar-refractivity contribution in [3.8, 4) is 0 Å². The van der Waals surface area contributed by atoms with E-state index in [1.54, 1.807) is 6.92 Å². The van der Waals surface area contributed by atoms with E-state index in [-0.39, 0.29) is 15.0 Å². The van der Waals surface area contributed by atoms with Crippen molar-refractivity contribution in [2.24, 2.45) is 0 Å². The maximum absolute atomic E-state index is 11.9. The van der Waals surface area contributed by atoms with E-state index in [1.165, 1.54) is 6.92 Å². The Labute approximate surface area is 121 Å². The molecule has 2 heterocycles. The number of anilines is 1. The Hall–Kier alpha value is -1.10. The molecule has 0 radical (unpaired) electrons. The molecule has 2 aromatic rings. The molecule has 0 saturated heterocycles. The zero-order valence-electron chi connectivity index (χ0n) is 9.67. The number of hydrogen-bond donors (Lipinski definition) is 1. The van der Waals surface area contributed by atoms with Crippen molar-refractivity contribution >= 4 is 53.6 Å². The number of aryl methyl sites for hydroxylation is 2. The maximum atomic E-state index is 11.9. The Bertz CT molecular complexity index is 736. The lowest BCUT2D eigenvalue weighted by Gasteiger charge is -1.97. The fraction of sp³-hybridized carbons (Fsp3) is 0.250. The van der Waals surface area contributed by atoms with Crippen molar-refractivity contribution in [1.82, 2.24) is 14.6 Å². The molecular formula is C8H7ClN4O3S3. The van der Waals surface area contributed by atoms with Crippen LogP contribution in [0.3, 0.4) is 0 Å². The lowest BCUT2D eigenvalue weighted by molar-refractivity contribution is 0.103. The Kier molecular flexibility index (Phi) is 3.85. The molecule has 1 N–H and O–H groups in total. The number of nitrogens with one attached hydrogen (secondary N) is 1. The first-order chi connectivity index (χ1) is 8.79. The minimum absolute atomic E-state index is 0.0800. The average Bonchev–Trinajstić information content (AvgIpc) is 2.83. The molecule has 19 heavy (non-hydrogen) atoms. The Balaban J connectivity index is 2.26. The van der Waals surface area contributed by atoms with Crippen LogP contribution >= 0.6 is 33.6 Å². The molecule has 0 fully saturated rings. The molecule has 0 unspecified atom stereocenters. The van der Waals surface area contributed by atoms with Gasteiger partial charge >= 0.3 is 0 Å². The van der Waals surface area contributed by atoms with Crippen LogP contribution in [0.1, 0.15) is 21.1 Å². The van der Waals surface area contributed by atoms with E-state index in [0.29, 0.717) is 10.6 Å². The fourth-order valence-corrected chi connectivity index (χ4v) is 4.15. The van der Waals surface area contributed by atoms with Crippen LogP contribution < -0.4 is 5.32 Å². The predicted molar refractivity (Wildman–Crippen MR) is 72.5 cm³/mol. The second-order valence-corrected chi connectivity index (χ2v) is 7.99. The van der Waals surface area contributed by atoms with E-state index in [2.05, 4.69) is 19.9 Å². The summed E-state index contributed by atoms with van der Waals surface area (Å²) in [7, 11) is 1.39. The van der Waals surface area contributed by atoms with Gasteiger partial charge in [-0.25, -0.2) is 13.4 Å². The minimum atomic E-state index is -3.86. The summed E-state index contributed by atoms with van der Waals surface area (Å²) in [6.07, 6.45) is 0. The second kappa shape index (κ2) is 5.12. The molecule has 0 bridgehead atoms. The van der Waals surface area contributed by atoms with Gasteiger partial charge in [-0.15, -0.1) is 5.10 Å². The third-order valence-corrected chi connectivity index (χ3v) is 6.13. The van der Waals surface area contributed by atoms with Crippen molar-refractivity contribution in [2.45, 2.75) is 18.1 Å². The molecule has 0 aliphatic carbocycles. The zero-order chi connectivity index (χ0) is 14.2. The quantitative estimate of drug-likeness (QED) is 0.856. The van der Waals surface area contributed by atoms with E-state index in [0.717, 1.165) is 22.9 Å². The van der Waals surface area contributed by atoms with Crippen LogP contribution in [0.25, 0.3) is 0 Å². The monoisotopic (exact) mass is 338 g/mol. The second-order valence-electron chi connectivity index (χ2n) is 3.47. The third kappa shape index (κ3) is 3.08. The summed E-state index contributed by atoms with van der Waals surface area (Å²) in [5.41, 5.74) is 0.746. The zero-order valence-corrected chi connectivity index (χ0v) is 12.9. The van der Waals surface area contributed by atoms with Gasteiger partial charge in [0, 0.05) is 10.7 Å². The summed E-state index contributed by atoms with van der Waals surface area (Å²) in [5.74, 6) is -0.431. The molecule has 0 saturated carbocycles. The predicted octanol–water partition coefficient (Wildman–Crippen LogP) is 1.79. The number of halogens is 1. The first-order valence-electron chi connectivity index (χ1n) is 4.81. The van der Waals surface area contributed by atoms with Gasteiger partial charge in [-0.05, 0) is 25.4 Å². The lowest BCUT2D eigenvalue weighted by Crippen LogP contribution is -2.11. The van der Waals surface area contributed by atoms with E-state index < -0.39 is 15.0 Å². The number of thiazole rings is 1. The molecule has 11 heteroatoms. The van der Waals surface area contributed by atoms with Crippen molar-refractivity contribution < 1.29 is 13.2 Å². The van der Waals surface area contributed by atoms with Crippen molar-refractivity contribution in [2.75, 3.05) is 5.32 Å². The van der Waals surface area contributed by atoms with Gasteiger partial charge in [0.05, 0.1) is 11.4 Å². The SMILES string of the molecule is Cc1nnsc1C(=O)Nc1nc(C)c(S(=O)(=O)Cl)s1. The number of carbonyl (C=O) groups is 1. The minimum Gasteiger partial charge on any atom is -0.297 e. The number of nitrogens with zero attached hydrogens (tertiary/aromatic N) is 3. The molecule has 2 rings (SSSR count). The van der Waals surface area contributed by atoms with Crippen LogP contribution in [-0.2, 0) is 9.05 Å². The van der Waals surface area contributed by atoms with Gasteiger partial charge in [0.2, 0.25) is 0 Å². The van der Waals surface area contributed by atoms with Gasteiger partial charge < -0.3 is 0 Å². The van der Waals surface area contributed by atoms with Crippen LogP contribution in [0.15, 0.2) is 4.21 Å². The molecule has 0 spiro atoms. The summed E-state index contributed by atoms with van der Waals surface area (Å²) >= 11 is 1.75. The molecule has 0 aliphatic heterocycles. The highest BCUT2D eigenvalue weighted by Gasteiger charge is 2.21. The molecule has 0 atom stereocenters. The number of aromatic nitrogens is 3. The number of hydrogen-bond acceptors (Lipinski definition) is 8. The molecule has 7 nitrogen and oxygen atoms in total. The van der Waals surface area contributed by atoms with Crippen LogP contribution in [0, 0.1) is 13.8 Å². The van der Waals surface area contributed by atoms with Gasteiger partial charge in [-0.1, -0.05) is 15.8 Å². The van der Waals surface area contributed by atoms with E-state index in [1.807, 2.05) is 0 Å². The summed E-state index contributed by atoms with van der Waals surface area (Å²) in [5, 5.41) is 6.37. The Morgan fingerprint density at radius 1 is 1.32 bits per heavy atom. The summed E-state index contributed by atoms with van der Waals surface area (Å²) in [6, 6.07) is 0. The highest BCUT2D eigenvalue weighted by molar-refractivity contribution is 8.15. The molecule has 102 valence electrons. The van der Waals surface area contributed by atoms with Crippen molar-refractivity contribution in [1.29, 1.82) is 0 Å². The summed E-state index contributed by atoms with van der Waals surface area (Å²) in [4.78, 5) is 16.2. The first-order valence-corrected chi connectivity index (χ1v) is 8.71. The molecule has 0 aromatic carbocycles. The molecule has 1 amide bonds. The van der Waals surface area contributed by atoms with Gasteiger partial charge in [0.25, 0.3) is 15.0 Å². The normalized spacial score (nSPS) is 11.5. The van der Waals surface area contributed by atoms with Gasteiger partial charge in [0.1, 0.15) is 4.88 Å². The van der Waals surface area contributed by atoms with E-state index in [4.69, 9.17) is 10.7 Å². The molecular weight excluding hydrogens is 332 g/mol. The highest BCUT2D eigenvalue weighted by atomic mass is 35.7. The lowest BCUT2D eigenvalue weighted by atomic mass is 10.4.